The number of furan rings is 1. The first-order chi connectivity index (χ1) is 9.72. The van der Waals surface area contributed by atoms with Gasteiger partial charge in [0, 0.05) is 24.2 Å². The van der Waals surface area contributed by atoms with Gasteiger partial charge in [0.25, 0.3) is 0 Å². The molecule has 2 rings (SSSR count). The van der Waals surface area contributed by atoms with Gasteiger partial charge in [-0.1, -0.05) is 18.2 Å². The van der Waals surface area contributed by atoms with Crippen LogP contribution >= 0.6 is 0 Å². The second-order valence-corrected chi connectivity index (χ2v) is 4.94. The molecule has 1 N–H and O–H groups in total. The molecule has 20 heavy (non-hydrogen) atoms. The third-order valence-corrected chi connectivity index (χ3v) is 3.15. The van der Waals surface area contributed by atoms with Gasteiger partial charge >= 0.3 is 0 Å². The van der Waals surface area contributed by atoms with Crippen LogP contribution in [0.3, 0.4) is 0 Å². The van der Waals surface area contributed by atoms with E-state index in [1.165, 1.54) is 11.1 Å². The fourth-order valence-electron chi connectivity index (χ4n) is 2.25. The zero-order valence-electron chi connectivity index (χ0n) is 12.3. The standard InChI is InChI=1S/C16H22N2O2/c1-17-9-13-8-15(20-12-13)11-18(2)10-14-6-4-5-7-16(14)19-3/h4-8,12,17H,9-11H2,1-3H3. The Morgan fingerprint density at radius 2 is 2.05 bits per heavy atom. The molecule has 1 aromatic carbocycles. The van der Waals surface area contributed by atoms with Crippen LogP contribution in [0.1, 0.15) is 16.9 Å². The van der Waals surface area contributed by atoms with Gasteiger partial charge in [0.15, 0.2) is 0 Å². The van der Waals surface area contributed by atoms with Crippen LogP contribution in [0.25, 0.3) is 0 Å². The molecule has 0 saturated carbocycles. The lowest BCUT2D eigenvalue weighted by Crippen LogP contribution is -2.17. The van der Waals surface area contributed by atoms with E-state index in [2.05, 4.69) is 29.4 Å². The molecular weight excluding hydrogens is 252 g/mol. The highest BCUT2D eigenvalue weighted by Gasteiger charge is 2.08. The van der Waals surface area contributed by atoms with Crippen LogP contribution in [0, 0.1) is 0 Å². The van der Waals surface area contributed by atoms with Crippen molar-refractivity contribution in [3.63, 3.8) is 0 Å². The van der Waals surface area contributed by atoms with Crippen molar-refractivity contribution in [2.45, 2.75) is 19.6 Å². The van der Waals surface area contributed by atoms with Crippen LogP contribution in [0.4, 0.5) is 0 Å². The number of ether oxygens (including phenoxy) is 1. The first-order valence-corrected chi connectivity index (χ1v) is 6.74. The monoisotopic (exact) mass is 274 g/mol. The van der Waals surface area contributed by atoms with Gasteiger partial charge < -0.3 is 14.5 Å². The van der Waals surface area contributed by atoms with E-state index >= 15 is 0 Å². The molecule has 0 radical (unpaired) electrons. The van der Waals surface area contributed by atoms with E-state index in [1.54, 1.807) is 7.11 Å². The quantitative estimate of drug-likeness (QED) is 0.842. The summed E-state index contributed by atoms with van der Waals surface area (Å²) in [6.07, 6.45) is 1.81. The second-order valence-electron chi connectivity index (χ2n) is 4.94. The number of benzene rings is 1. The lowest BCUT2D eigenvalue weighted by molar-refractivity contribution is 0.282. The normalized spacial score (nSPS) is 11.0. The molecule has 0 atom stereocenters. The first-order valence-electron chi connectivity index (χ1n) is 6.74. The molecule has 1 heterocycles. The molecule has 1 aromatic heterocycles. The Morgan fingerprint density at radius 3 is 2.80 bits per heavy atom. The maximum absolute atomic E-state index is 5.57. The number of hydrogen-bond donors (Lipinski definition) is 1. The summed E-state index contributed by atoms with van der Waals surface area (Å²) in [4.78, 5) is 2.21. The van der Waals surface area contributed by atoms with Crippen molar-refractivity contribution in [2.75, 3.05) is 21.2 Å². The summed E-state index contributed by atoms with van der Waals surface area (Å²) in [7, 11) is 5.71. The summed E-state index contributed by atoms with van der Waals surface area (Å²) in [5.74, 6) is 1.90. The Bertz CT molecular complexity index is 537. The molecule has 0 aliphatic carbocycles. The summed E-state index contributed by atoms with van der Waals surface area (Å²) in [6.45, 7) is 2.44. The molecule has 0 amide bonds. The minimum atomic E-state index is 0.780. The van der Waals surface area contributed by atoms with Gasteiger partial charge in [0.05, 0.1) is 19.9 Å². The second kappa shape index (κ2) is 7.12. The number of para-hydroxylation sites is 1. The summed E-state index contributed by atoms with van der Waals surface area (Å²) in [6, 6.07) is 10.2. The van der Waals surface area contributed by atoms with E-state index in [9.17, 15) is 0 Å². The molecule has 0 spiro atoms. The maximum atomic E-state index is 5.57. The first kappa shape index (κ1) is 14.6. The Labute approximate surface area is 120 Å². The van der Waals surface area contributed by atoms with Crippen LogP contribution in [-0.4, -0.2) is 26.1 Å². The van der Waals surface area contributed by atoms with E-state index in [1.807, 2.05) is 31.5 Å². The van der Waals surface area contributed by atoms with Crippen LogP contribution < -0.4 is 10.1 Å². The van der Waals surface area contributed by atoms with Crippen molar-refractivity contribution in [1.29, 1.82) is 0 Å². The Morgan fingerprint density at radius 1 is 1.25 bits per heavy atom. The van der Waals surface area contributed by atoms with Crippen molar-refractivity contribution >= 4 is 0 Å². The van der Waals surface area contributed by atoms with Gasteiger partial charge in [-0.3, -0.25) is 4.90 Å². The highest BCUT2D eigenvalue weighted by molar-refractivity contribution is 5.33. The zero-order chi connectivity index (χ0) is 14.4. The Balaban J connectivity index is 1.95. The van der Waals surface area contributed by atoms with Crippen molar-refractivity contribution in [2.24, 2.45) is 0 Å². The number of rotatable bonds is 7. The third kappa shape index (κ3) is 3.85. The average molecular weight is 274 g/mol. The van der Waals surface area contributed by atoms with Gasteiger partial charge in [0.2, 0.25) is 0 Å². The number of nitrogens with one attached hydrogen (secondary N) is 1. The van der Waals surface area contributed by atoms with Gasteiger partial charge in [0.1, 0.15) is 11.5 Å². The van der Waals surface area contributed by atoms with Crippen LogP contribution in [0.15, 0.2) is 41.0 Å². The van der Waals surface area contributed by atoms with Crippen LogP contribution in [0.2, 0.25) is 0 Å². The topological polar surface area (TPSA) is 37.6 Å². The molecule has 0 fully saturated rings. The Hall–Kier alpha value is -1.78. The molecule has 0 unspecified atom stereocenters. The van der Waals surface area contributed by atoms with Gasteiger partial charge in [-0.15, -0.1) is 0 Å². The van der Waals surface area contributed by atoms with Gasteiger partial charge in [-0.2, -0.15) is 0 Å². The zero-order valence-corrected chi connectivity index (χ0v) is 12.3. The smallest absolute Gasteiger partial charge is 0.123 e. The van der Waals surface area contributed by atoms with Crippen LogP contribution in [-0.2, 0) is 19.6 Å². The van der Waals surface area contributed by atoms with Crippen molar-refractivity contribution < 1.29 is 9.15 Å². The Kier molecular flexibility index (Phi) is 5.21. The number of methoxy groups -OCH3 is 1. The fourth-order valence-corrected chi connectivity index (χ4v) is 2.25. The molecular formula is C16H22N2O2. The van der Waals surface area contributed by atoms with Crippen molar-refractivity contribution in [3.8, 4) is 5.75 Å². The van der Waals surface area contributed by atoms with Crippen LogP contribution in [0.5, 0.6) is 5.75 Å². The molecule has 4 nitrogen and oxygen atoms in total. The van der Waals surface area contributed by atoms with E-state index in [0.717, 1.165) is 31.1 Å². The van der Waals surface area contributed by atoms with Crippen molar-refractivity contribution in [3.05, 3.63) is 53.5 Å². The minimum absolute atomic E-state index is 0.780. The lowest BCUT2D eigenvalue weighted by Gasteiger charge is -2.17. The van der Waals surface area contributed by atoms with E-state index < -0.39 is 0 Å². The van der Waals surface area contributed by atoms with E-state index in [-0.39, 0.29) is 0 Å². The van der Waals surface area contributed by atoms with Gasteiger partial charge in [-0.05, 0) is 26.2 Å². The summed E-state index contributed by atoms with van der Waals surface area (Å²) in [5, 5.41) is 3.12. The fraction of sp³-hybridized carbons (Fsp3) is 0.375. The largest absolute Gasteiger partial charge is 0.496 e. The van der Waals surface area contributed by atoms with Crippen molar-refractivity contribution in [1.82, 2.24) is 10.2 Å². The SMILES string of the molecule is CNCc1coc(CN(C)Cc2ccccc2OC)c1. The average Bonchev–Trinajstić information content (AvgIpc) is 2.87. The molecule has 4 heteroatoms. The lowest BCUT2D eigenvalue weighted by atomic mass is 10.2. The molecule has 2 aromatic rings. The number of hydrogen-bond acceptors (Lipinski definition) is 4. The number of nitrogens with zero attached hydrogens (tertiary/aromatic N) is 1. The minimum Gasteiger partial charge on any atom is -0.496 e. The molecule has 108 valence electrons. The highest BCUT2D eigenvalue weighted by atomic mass is 16.5. The maximum Gasteiger partial charge on any atom is 0.123 e. The summed E-state index contributed by atoms with van der Waals surface area (Å²) >= 11 is 0. The van der Waals surface area contributed by atoms with E-state index in [4.69, 9.17) is 9.15 Å². The molecule has 0 bridgehead atoms. The predicted molar refractivity (Wildman–Crippen MR) is 79.6 cm³/mol. The third-order valence-electron chi connectivity index (χ3n) is 3.15. The molecule has 0 saturated heterocycles. The summed E-state index contributed by atoms with van der Waals surface area (Å²) in [5.41, 5.74) is 2.35. The van der Waals surface area contributed by atoms with E-state index in [0.29, 0.717) is 0 Å². The highest BCUT2D eigenvalue weighted by Crippen LogP contribution is 2.20. The van der Waals surface area contributed by atoms with Gasteiger partial charge in [-0.25, -0.2) is 0 Å². The predicted octanol–water partition coefficient (Wildman–Crippen LogP) is 2.64. The molecule has 0 aliphatic rings. The summed E-state index contributed by atoms with van der Waals surface area (Å²) < 4.78 is 10.9. The molecule has 0 aliphatic heterocycles.